The van der Waals surface area contributed by atoms with Crippen molar-refractivity contribution in [3.63, 3.8) is 0 Å². The van der Waals surface area contributed by atoms with Crippen molar-refractivity contribution in [2.45, 2.75) is 322 Å². The lowest BCUT2D eigenvalue weighted by Crippen LogP contribution is -2.30. The lowest BCUT2D eigenvalue weighted by atomic mass is 10.0. The fraction of sp³-hybridized carbons (Fsp3) is 0.852. The second-order valence-corrected chi connectivity index (χ2v) is 19.9. The summed E-state index contributed by atoms with van der Waals surface area (Å²) in [4.78, 5) is 38.2. The third-order valence-electron chi connectivity index (χ3n) is 13.1. The molecule has 6 heteroatoms. The summed E-state index contributed by atoms with van der Waals surface area (Å²) in [5.41, 5.74) is 0. The van der Waals surface area contributed by atoms with Crippen molar-refractivity contribution >= 4 is 17.9 Å². The smallest absolute Gasteiger partial charge is 0.306 e. The van der Waals surface area contributed by atoms with Gasteiger partial charge in [0.1, 0.15) is 13.2 Å². The standard InChI is InChI=1S/C61H112O6/c1-4-7-10-13-16-19-22-25-28-30-33-36-39-42-45-48-51-54-60(63)66-57-58(56-65-59(62)53-50-47-44-41-38-35-32-27-24-21-18-15-12-9-6-3)67-61(64)55-52-49-46-43-40-37-34-31-29-26-23-20-17-14-11-8-5-2/h16,19,25,27-28,32,58H,4-15,17-18,20-24,26,29-31,33-57H2,1-3H3/b19-16-,28-25-,32-27-/t58-/m0/s1. The van der Waals surface area contributed by atoms with Crippen LogP contribution in [0.2, 0.25) is 0 Å². The SMILES string of the molecule is CCCCC/C=C\C/C=C\CCCCCCCCCC(=O)OC[C@H](COC(=O)CCCCCCC/C=C\CCCCCCCC)OC(=O)CCCCCCCCCCCCCCCCCCC. The number of hydrogen-bond acceptors (Lipinski definition) is 6. The van der Waals surface area contributed by atoms with Crippen LogP contribution in [0, 0.1) is 0 Å². The highest BCUT2D eigenvalue weighted by Gasteiger charge is 2.19. The Morgan fingerprint density at radius 3 is 0.866 bits per heavy atom. The summed E-state index contributed by atoms with van der Waals surface area (Å²) in [6, 6.07) is 0. The molecular weight excluding hydrogens is 829 g/mol. The lowest BCUT2D eigenvalue weighted by molar-refractivity contribution is -0.167. The van der Waals surface area contributed by atoms with Gasteiger partial charge in [-0.1, -0.05) is 256 Å². The van der Waals surface area contributed by atoms with E-state index in [4.69, 9.17) is 14.2 Å². The number of carbonyl (C=O) groups excluding carboxylic acids is 3. The molecule has 0 rings (SSSR count). The van der Waals surface area contributed by atoms with Gasteiger partial charge in [0.2, 0.25) is 0 Å². The molecule has 0 aliphatic rings. The Hall–Kier alpha value is -2.37. The molecule has 0 aliphatic carbocycles. The average Bonchev–Trinajstić information content (AvgIpc) is 3.33. The van der Waals surface area contributed by atoms with Gasteiger partial charge in [-0.15, -0.1) is 0 Å². The van der Waals surface area contributed by atoms with Crippen LogP contribution in [-0.4, -0.2) is 37.2 Å². The van der Waals surface area contributed by atoms with Crippen molar-refractivity contribution in [2.75, 3.05) is 13.2 Å². The summed E-state index contributed by atoms with van der Waals surface area (Å²) in [5.74, 6) is -0.872. The van der Waals surface area contributed by atoms with Gasteiger partial charge < -0.3 is 14.2 Å². The number of unbranched alkanes of at least 4 members (excludes halogenated alkanes) is 37. The van der Waals surface area contributed by atoms with Gasteiger partial charge in [-0.05, 0) is 77.0 Å². The Kier molecular flexibility index (Phi) is 54.2. The minimum atomic E-state index is -0.776. The minimum Gasteiger partial charge on any atom is -0.462 e. The van der Waals surface area contributed by atoms with E-state index in [1.54, 1.807) is 0 Å². The van der Waals surface area contributed by atoms with Crippen molar-refractivity contribution in [1.29, 1.82) is 0 Å². The van der Waals surface area contributed by atoms with Crippen molar-refractivity contribution in [1.82, 2.24) is 0 Å². The van der Waals surface area contributed by atoms with E-state index in [9.17, 15) is 14.4 Å². The molecule has 0 heterocycles. The second-order valence-electron chi connectivity index (χ2n) is 19.9. The third-order valence-corrected chi connectivity index (χ3v) is 13.1. The molecule has 0 aliphatic heterocycles. The van der Waals surface area contributed by atoms with E-state index in [-0.39, 0.29) is 31.1 Å². The van der Waals surface area contributed by atoms with Crippen molar-refractivity contribution < 1.29 is 28.6 Å². The van der Waals surface area contributed by atoms with Gasteiger partial charge in [0.15, 0.2) is 6.10 Å². The van der Waals surface area contributed by atoms with Gasteiger partial charge in [0.25, 0.3) is 0 Å². The van der Waals surface area contributed by atoms with E-state index in [0.717, 1.165) is 77.0 Å². The molecule has 0 saturated carbocycles. The number of allylic oxidation sites excluding steroid dienone is 6. The molecule has 0 aromatic rings. The second kappa shape index (κ2) is 56.2. The Morgan fingerprint density at radius 2 is 0.537 bits per heavy atom. The molecule has 0 aromatic carbocycles. The molecule has 6 nitrogen and oxygen atoms in total. The molecule has 1 atom stereocenters. The zero-order valence-corrected chi connectivity index (χ0v) is 44.9. The molecule has 0 amide bonds. The van der Waals surface area contributed by atoms with E-state index < -0.39 is 6.10 Å². The number of esters is 3. The first-order valence-corrected chi connectivity index (χ1v) is 29.5. The third kappa shape index (κ3) is 54.4. The van der Waals surface area contributed by atoms with Gasteiger partial charge in [0.05, 0.1) is 0 Å². The van der Waals surface area contributed by atoms with Crippen LogP contribution in [0.3, 0.4) is 0 Å². The van der Waals surface area contributed by atoms with Crippen LogP contribution in [-0.2, 0) is 28.6 Å². The maximum absolute atomic E-state index is 12.9. The van der Waals surface area contributed by atoms with Crippen LogP contribution in [0.4, 0.5) is 0 Å². The normalized spacial score (nSPS) is 12.2. The van der Waals surface area contributed by atoms with Crippen LogP contribution in [0.1, 0.15) is 316 Å². The molecule has 0 fully saturated rings. The van der Waals surface area contributed by atoms with Gasteiger partial charge in [-0.3, -0.25) is 14.4 Å². The topological polar surface area (TPSA) is 78.9 Å². The first-order chi connectivity index (χ1) is 33.0. The summed E-state index contributed by atoms with van der Waals surface area (Å²) in [7, 11) is 0. The van der Waals surface area contributed by atoms with E-state index in [1.165, 1.54) is 199 Å². The molecule has 0 bridgehead atoms. The number of carbonyl (C=O) groups is 3. The number of hydrogen-bond donors (Lipinski definition) is 0. The Morgan fingerprint density at radius 1 is 0.299 bits per heavy atom. The highest BCUT2D eigenvalue weighted by molar-refractivity contribution is 5.71. The average molecular weight is 942 g/mol. The van der Waals surface area contributed by atoms with Crippen LogP contribution in [0.15, 0.2) is 36.5 Å². The molecule has 0 saturated heterocycles. The molecule has 0 radical (unpaired) electrons. The van der Waals surface area contributed by atoms with E-state index >= 15 is 0 Å². The maximum atomic E-state index is 12.9. The molecule has 0 N–H and O–H groups in total. The first-order valence-electron chi connectivity index (χ1n) is 29.5. The van der Waals surface area contributed by atoms with Gasteiger partial charge in [-0.2, -0.15) is 0 Å². The summed E-state index contributed by atoms with van der Waals surface area (Å²) in [5, 5.41) is 0. The molecule has 0 spiro atoms. The fourth-order valence-electron chi connectivity index (χ4n) is 8.65. The zero-order chi connectivity index (χ0) is 48.6. The predicted octanol–water partition coefficient (Wildman–Crippen LogP) is 19.7. The fourth-order valence-corrected chi connectivity index (χ4v) is 8.65. The van der Waals surface area contributed by atoms with Crippen molar-refractivity contribution in [3.05, 3.63) is 36.5 Å². The lowest BCUT2D eigenvalue weighted by Gasteiger charge is -2.18. The zero-order valence-electron chi connectivity index (χ0n) is 44.9. The summed E-state index contributed by atoms with van der Waals surface area (Å²) < 4.78 is 16.9. The quantitative estimate of drug-likeness (QED) is 0.0262. The van der Waals surface area contributed by atoms with Crippen molar-refractivity contribution in [2.24, 2.45) is 0 Å². The molecule has 67 heavy (non-hydrogen) atoms. The van der Waals surface area contributed by atoms with Crippen LogP contribution in [0.5, 0.6) is 0 Å². The first kappa shape index (κ1) is 64.6. The van der Waals surface area contributed by atoms with Gasteiger partial charge >= 0.3 is 17.9 Å². The van der Waals surface area contributed by atoms with Crippen LogP contribution >= 0.6 is 0 Å². The molecule has 0 aromatic heterocycles. The highest BCUT2D eigenvalue weighted by atomic mass is 16.6. The highest BCUT2D eigenvalue weighted by Crippen LogP contribution is 2.16. The summed E-state index contributed by atoms with van der Waals surface area (Å²) in [6.45, 7) is 6.64. The van der Waals surface area contributed by atoms with Crippen molar-refractivity contribution in [3.8, 4) is 0 Å². The number of rotatable bonds is 54. The molecule has 0 unspecified atom stereocenters. The van der Waals surface area contributed by atoms with E-state index in [1.807, 2.05) is 0 Å². The van der Waals surface area contributed by atoms with Gasteiger partial charge in [-0.25, -0.2) is 0 Å². The number of ether oxygens (including phenoxy) is 3. The minimum absolute atomic E-state index is 0.0754. The monoisotopic (exact) mass is 941 g/mol. The van der Waals surface area contributed by atoms with Crippen LogP contribution < -0.4 is 0 Å². The largest absolute Gasteiger partial charge is 0.462 e. The molecule has 392 valence electrons. The predicted molar refractivity (Wildman–Crippen MR) is 289 cm³/mol. The Labute approximate surface area is 416 Å². The van der Waals surface area contributed by atoms with E-state index in [2.05, 4.69) is 57.2 Å². The maximum Gasteiger partial charge on any atom is 0.306 e. The molecular formula is C61H112O6. The van der Waals surface area contributed by atoms with Crippen LogP contribution in [0.25, 0.3) is 0 Å². The van der Waals surface area contributed by atoms with Gasteiger partial charge in [0, 0.05) is 19.3 Å². The summed E-state index contributed by atoms with van der Waals surface area (Å²) in [6.07, 6.45) is 67.0. The summed E-state index contributed by atoms with van der Waals surface area (Å²) >= 11 is 0. The Balaban J connectivity index is 4.36. The Bertz CT molecular complexity index is 1130. The van der Waals surface area contributed by atoms with E-state index in [0.29, 0.717) is 19.3 Å².